The second-order valence-electron chi connectivity index (χ2n) is 4.50. The Hall–Kier alpha value is -0.930. The van der Waals surface area contributed by atoms with Crippen molar-refractivity contribution in [1.29, 1.82) is 0 Å². The normalized spacial score (nSPS) is 27.1. The van der Waals surface area contributed by atoms with E-state index in [9.17, 15) is 5.11 Å². The zero-order valence-corrected chi connectivity index (χ0v) is 9.19. The Morgan fingerprint density at radius 3 is 3.07 bits per heavy atom. The van der Waals surface area contributed by atoms with Gasteiger partial charge in [0.2, 0.25) is 0 Å². The van der Waals surface area contributed by atoms with E-state index in [0.29, 0.717) is 0 Å². The SMILES string of the molecule is C[C@]1(CO)CCCN1Cc1ccccn1. The predicted molar refractivity (Wildman–Crippen MR) is 59.4 cm³/mol. The minimum Gasteiger partial charge on any atom is -0.394 e. The lowest BCUT2D eigenvalue weighted by molar-refractivity contribution is 0.0724. The van der Waals surface area contributed by atoms with Crippen molar-refractivity contribution < 1.29 is 5.11 Å². The fourth-order valence-electron chi connectivity index (χ4n) is 2.21. The molecular formula is C12H18N2O. The van der Waals surface area contributed by atoms with Crippen LogP contribution in [-0.2, 0) is 6.54 Å². The van der Waals surface area contributed by atoms with Crippen LogP contribution in [0.4, 0.5) is 0 Å². The molecule has 1 fully saturated rings. The van der Waals surface area contributed by atoms with Crippen LogP contribution >= 0.6 is 0 Å². The van der Waals surface area contributed by atoms with Crippen LogP contribution in [0.3, 0.4) is 0 Å². The van der Waals surface area contributed by atoms with Crippen molar-refractivity contribution in [2.24, 2.45) is 0 Å². The first-order valence-electron chi connectivity index (χ1n) is 5.50. The largest absolute Gasteiger partial charge is 0.394 e. The molecule has 1 atom stereocenters. The molecule has 1 aromatic rings. The van der Waals surface area contributed by atoms with Gasteiger partial charge in [0.15, 0.2) is 0 Å². The third-order valence-electron chi connectivity index (χ3n) is 3.33. The van der Waals surface area contributed by atoms with E-state index in [-0.39, 0.29) is 12.1 Å². The highest BCUT2D eigenvalue weighted by atomic mass is 16.3. The number of pyridine rings is 1. The zero-order chi connectivity index (χ0) is 10.7. The van der Waals surface area contributed by atoms with Gasteiger partial charge in [-0.1, -0.05) is 6.07 Å². The molecule has 1 saturated heterocycles. The molecule has 0 aromatic carbocycles. The van der Waals surface area contributed by atoms with E-state index < -0.39 is 0 Å². The first-order valence-corrected chi connectivity index (χ1v) is 5.50. The molecule has 1 aromatic heterocycles. The molecule has 15 heavy (non-hydrogen) atoms. The topological polar surface area (TPSA) is 36.4 Å². The molecule has 0 bridgehead atoms. The van der Waals surface area contributed by atoms with Crippen LogP contribution in [-0.4, -0.2) is 33.7 Å². The number of aliphatic hydroxyl groups excluding tert-OH is 1. The standard InChI is InChI=1S/C12H18N2O/c1-12(10-15)6-4-8-14(12)9-11-5-2-3-7-13-11/h2-3,5,7,15H,4,6,8-10H2,1H3/t12-/m1/s1. The summed E-state index contributed by atoms with van der Waals surface area (Å²) >= 11 is 0. The zero-order valence-electron chi connectivity index (χ0n) is 9.19. The van der Waals surface area contributed by atoms with E-state index >= 15 is 0 Å². The van der Waals surface area contributed by atoms with Gasteiger partial charge in [-0.3, -0.25) is 9.88 Å². The van der Waals surface area contributed by atoms with Crippen LogP contribution in [0.25, 0.3) is 0 Å². The van der Waals surface area contributed by atoms with E-state index in [4.69, 9.17) is 0 Å². The maximum atomic E-state index is 9.41. The van der Waals surface area contributed by atoms with Crippen LogP contribution in [0.1, 0.15) is 25.5 Å². The number of aliphatic hydroxyl groups is 1. The lowest BCUT2D eigenvalue weighted by atomic mass is 10.0. The van der Waals surface area contributed by atoms with Crippen LogP contribution in [0.2, 0.25) is 0 Å². The van der Waals surface area contributed by atoms with Gasteiger partial charge in [-0.25, -0.2) is 0 Å². The van der Waals surface area contributed by atoms with Gasteiger partial charge in [-0.05, 0) is 38.4 Å². The van der Waals surface area contributed by atoms with Gasteiger partial charge in [-0.15, -0.1) is 0 Å². The summed E-state index contributed by atoms with van der Waals surface area (Å²) in [5.74, 6) is 0. The van der Waals surface area contributed by atoms with Gasteiger partial charge in [0.25, 0.3) is 0 Å². The van der Waals surface area contributed by atoms with E-state index in [2.05, 4.69) is 16.8 Å². The van der Waals surface area contributed by atoms with Crippen LogP contribution < -0.4 is 0 Å². The van der Waals surface area contributed by atoms with Gasteiger partial charge in [0.05, 0.1) is 12.3 Å². The van der Waals surface area contributed by atoms with Crippen molar-refractivity contribution in [3.63, 3.8) is 0 Å². The molecule has 1 N–H and O–H groups in total. The molecule has 3 nitrogen and oxygen atoms in total. The first-order chi connectivity index (χ1) is 7.24. The second-order valence-corrected chi connectivity index (χ2v) is 4.50. The fraction of sp³-hybridized carbons (Fsp3) is 0.583. The van der Waals surface area contributed by atoms with E-state index in [1.807, 2.05) is 24.4 Å². The third-order valence-corrected chi connectivity index (χ3v) is 3.33. The van der Waals surface area contributed by atoms with Crippen LogP contribution in [0.15, 0.2) is 24.4 Å². The Bertz CT molecular complexity index is 315. The minimum atomic E-state index is -0.0441. The van der Waals surface area contributed by atoms with Crippen molar-refractivity contribution >= 4 is 0 Å². The number of aromatic nitrogens is 1. The van der Waals surface area contributed by atoms with Gasteiger partial charge < -0.3 is 5.11 Å². The average Bonchev–Trinajstić information content (AvgIpc) is 2.63. The summed E-state index contributed by atoms with van der Waals surface area (Å²) in [6.07, 6.45) is 4.07. The van der Waals surface area contributed by atoms with Gasteiger partial charge >= 0.3 is 0 Å². The molecule has 3 heteroatoms. The molecule has 1 aliphatic rings. The summed E-state index contributed by atoms with van der Waals surface area (Å²) in [6.45, 7) is 4.27. The quantitative estimate of drug-likeness (QED) is 0.812. The third kappa shape index (κ3) is 2.19. The number of hydrogen-bond donors (Lipinski definition) is 1. The molecule has 0 aliphatic carbocycles. The van der Waals surface area contributed by atoms with Crippen molar-refractivity contribution in [3.05, 3.63) is 30.1 Å². The molecule has 0 saturated carbocycles. The fourth-order valence-corrected chi connectivity index (χ4v) is 2.21. The Morgan fingerprint density at radius 1 is 1.53 bits per heavy atom. The summed E-state index contributed by atoms with van der Waals surface area (Å²) in [5.41, 5.74) is 1.04. The highest BCUT2D eigenvalue weighted by Crippen LogP contribution is 2.29. The number of nitrogens with zero attached hydrogens (tertiary/aromatic N) is 2. The highest BCUT2D eigenvalue weighted by molar-refractivity contribution is 5.05. The molecule has 2 rings (SSSR count). The number of rotatable bonds is 3. The summed E-state index contributed by atoms with van der Waals surface area (Å²) < 4.78 is 0. The Morgan fingerprint density at radius 2 is 2.40 bits per heavy atom. The van der Waals surface area contributed by atoms with Crippen molar-refractivity contribution in [2.75, 3.05) is 13.2 Å². The Kier molecular flexibility index (Phi) is 3.03. The predicted octanol–water partition coefficient (Wildman–Crippen LogP) is 1.43. The smallest absolute Gasteiger partial charge is 0.0612 e. The van der Waals surface area contributed by atoms with E-state index in [1.54, 1.807) is 0 Å². The Balaban J connectivity index is 2.06. The molecule has 0 amide bonds. The maximum Gasteiger partial charge on any atom is 0.0612 e. The van der Waals surface area contributed by atoms with Crippen molar-refractivity contribution in [1.82, 2.24) is 9.88 Å². The summed E-state index contributed by atoms with van der Waals surface area (Å²) in [5, 5.41) is 9.41. The average molecular weight is 206 g/mol. The molecular weight excluding hydrogens is 188 g/mol. The molecule has 0 radical (unpaired) electrons. The van der Waals surface area contributed by atoms with Gasteiger partial charge in [0, 0.05) is 18.3 Å². The van der Waals surface area contributed by atoms with Crippen molar-refractivity contribution in [3.8, 4) is 0 Å². The molecule has 0 spiro atoms. The maximum absolute atomic E-state index is 9.41. The number of likely N-dealkylation sites (tertiary alicyclic amines) is 1. The van der Waals surface area contributed by atoms with E-state index in [0.717, 1.165) is 25.2 Å². The Labute approximate surface area is 90.8 Å². The summed E-state index contributed by atoms with van der Waals surface area (Å²) in [6, 6.07) is 5.98. The van der Waals surface area contributed by atoms with Crippen LogP contribution in [0.5, 0.6) is 0 Å². The van der Waals surface area contributed by atoms with Gasteiger partial charge in [-0.2, -0.15) is 0 Å². The first kappa shape index (κ1) is 10.6. The van der Waals surface area contributed by atoms with Crippen molar-refractivity contribution in [2.45, 2.75) is 31.8 Å². The lowest BCUT2D eigenvalue weighted by Crippen LogP contribution is -2.43. The van der Waals surface area contributed by atoms with Gasteiger partial charge in [0.1, 0.15) is 0 Å². The van der Waals surface area contributed by atoms with Crippen LogP contribution in [0, 0.1) is 0 Å². The molecule has 2 heterocycles. The minimum absolute atomic E-state index is 0.0441. The molecule has 82 valence electrons. The number of hydrogen-bond acceptors (Lipinski definition) is 3. The highest BCUT2D eigenvalue weighted by Gasteiger charge is 2.35. The molecule has 1 aliphatic heterocycles. The summed E-state index contributed by atoms with van der Waals surface area (Å²) in [7, 11) is 0. The lowest BCUT2D eigenvalue weighted by Gasteiger charge is -2.33. The second kappa shape index (κ2) is 4.29. The molecule has 0 unspecified atom stereocenters. The monoisotopic (exact) mass is 206 g/mol. The summed E-state index contributed by atoms with van der Waals surface area (Å²) in [4.78, 5) is 6.65. The van der Waals surface area contributed by atoms with E-state index in [1.165, 1.54) is 6.42 Å².